The lowest BCUT2D eigenvalue weighted by Crippen LogP contribution is -1.98. The molecule has 8 heteroatoms. The van der Waals surface area contributed by atoms with Crippen LogP contribution in [0.4, 0.5) is 0 Å². The third kappa shape index (κ3) is 2.98. The molecule has 6 nitrogen and oxygen atoms in total. The predicted molar refractivity (Wildman–Crippen MR) is 93.3 cm³/mol. The van der Waals surface area contributed by atoms with Crippen LogP contribution in [0.1, 0.15) is 11.7 Å². The molecular formula is C16H13N5OS2. The molecular weight excluding hydrogens is 342 g/mol. The quantitative estimate of drug-likeness (QED) is 0.504. The van der Waals surface area contributed by atoms with Crippen molar-refractivity contribution in [2.75, 3.05) is 0 Å². The van der Waals surface area contributed by atoms with Crippen molar-refractivity contribution in [1.82, 2.24) is 24.9 Å². The van der Waals surface area contributed by atoms with Crippen molar-refractivity contribution in [3.8, 4) is 16.4 Å². The Labute approximate surface area is 146 Å². The van der Waals surface area contributed by atoms with Crippen molar-refractivity contribution in [2.24, 2.45) is 0 Å². The Morgan fingerprint density at radius 1 is 1.12 bits per heavy atom. The molecule has 3 heterocycles. The molecule has 120 valence electrons. The van der Waals surface area contributed by atoms with Crippen LogP contribution in [-0.2, 0) is 5.75 Å². The molecule has 0 saturated heterocycles. The van der Waals surface area contributed by atoms with Crippen molar-refractivity contribution < 1.29 is 4.52 Å². The Morgan fingerprint density at radius 3 is 2.79 bits per heavy atom. The van der Waals surface area contributed by atoms with Gasteiger partial charge in [0.15, 0.2) is 5.16 Å². The van der Waals surface area contributed by atoms with Gasteiger partial charge in [0.05, 0.1) is 10.6 Å². The molecule has 4 rings (SSSR count). The summed E-state index contributed by atoms with van der Waals surface area (Å²) in [6.45, 7) is 1.94. The summed E-state index contributed by atoms with van der Waals surface area (Å²) in [7, 11) is 0. The summed E-state index contributed by atoms with van der Waals surface area (Å²) in [6, 6.07) is 14.0. The molecule has 0 saturated carbocycles. The van der Waals surface area contributed by atoms with E-state index in [0.29, 0.717) is 17.5 Å². The van der Waals surface area contributed by atoms with Crippen LogP contribution >= 0.6 is 23.1 Å². The van der Waals surface area contributed by atoms with Gasteiger partial charge in [-0.15, -0.1) is 21.5 Å². The van der Waals surface area contributed by atoms with Crippen LogP contribution in [0.15, 0.2) is 57.5 Å². The normalized spacial score (nSPS) is 11.0. The molecule has 0 atom stereocenters. The number of aromatic nitrogens is 5. The van der Waals surface area contributed by atoms with Gasteiger partial charge in [-0.3, -0.25) is 4.57 Å². The van der Waals surface area contributed by atoms with Crippen LogP contribution in [0, 0.1) is 6.92 Å². The number of para-hydroxylation sites is 1. The molecule has 24 heavy (non-hydrogen) atoms. The first-order valence-electron chi connectivity index (χ1n) is 7.28. The van der Waals surface area contributed by atoms with E-state index in [1.807, 2.05) is 59.3 Å². The number of rotatable bonds is 5. The Hall–Kier alpha value is -2.45. The summed E-state index contributed by atoms with van der Waals surface area (Å²) in [4.78, 5) is 5.43. The number of hydrogen-bond donors (Lipinski definition) is 0. The summed E-state index contributed by atoms with van der Waals surface area (Å²) in [5.41, 5.74) is 1.03. The van der Waals surface area contributed by atoms with Gasteiger partial charge in [0.25, 0.3) is 0 Å². The van der Waals surface area contributed by atoms with E-state index in [1.165, 1.54) is 11.8 Å². The summed E-state index contributed by atoms with van der Waals surface area (Å²) in [6.07, 6.45) is 0. The smallest absolute Gasteiger partial charge is 0.237 e. The Kier molecular flexibility index (Phi) is 4.14. The van der Waals surface area contributed by atoms with Gasteiger partial charge >= 0.3 is 0 Å². The molecule has 0 aliphatic carbocycles. The number of thioether (sulfide) groups is 1. The van der Waals surface area contributed by atoms with Crippen LogP contribution in [0.3, 0.4) is 0 Å². The second-order valence-corrected chi connectivity index (χ2v) is 6.87. The predicted octanol–water partition coefficient (Wildman–Crippen LogP) is 3.98. The number of aryl methyl sites for hydroxylation is 1. The van der Waals surface area contributed by atoms with E-state index in [2.05, 4.69) is 20.3 Å². The number of benzene rings is 1. The van der Waals surface area contributed by atoms with Crippen molar-refractivity contribution in [2.45, 2.75) is 17.8 Å². The highest BCUT2D eigenvalue weighted by Crippen LogP contribution is 2.26. The summed E-state index contributed by atoms with van der Waals surface area (Å²) in [5, 5.41) is 15.2. The Morgan fingerprint density at radius 2 is 2.00 bits per heavy atom. The molecule has 0 spiro atoms. The molecule has 0 amide bonds. The SMILES string of the molecule is Cc1nnc(SCc2nc(-c3cccs3)no2)n1-c1ccccc1. The van der Waals surface area contributed by atoms with E-state index in [4.69, 9.17) is 4.52 Å². The standard InChI is InChI=1S/C16H13N5OS2/c1-11-18-19-16(21(11)12-6-3-2-4-7-12)24-10-14-17-15(20-22-14)13-8-5-9-23-13/h2-9H,10H2,1H3. The van der Waals surface area contributed by atoms with Crippen molar-refractivity contribution in [3.63, 3.8) is 0 Å². The van der Waals surface area contributed by atoms with Gasteiger partial charge < -0.3 is 4.52 Å². The minimum Gasteiger partial charge on any atom is -0.338 e. The third-order valence-corrected chi connectivity index (χ3v) is 5.12. The van der Waals surface area contributed by atoms with Gasteiger partial charge in [-0.1, -0.05) is 41.2 Å². The largest absolute Gasteiger partial charge is 0.338 e. The molecule has 0 radical (unpaired) electrons. The maximum Gasteiger partial charge on any atom is 0.237 e. The highest BCUT2D eigenvalue weighted by atomic mass is 32.2. The lowest BCUT2D eigenvalue weighted by molar-refractivity contribution is 0.391. The fourth-order valence-electron chi connectivity index (χ4n) is 2.26. The van der Waals surface area contributed by atoms with Crippen LogP contribution in [0.25, 0.3) is 16.4 Å². The monoisotopic (exact) mass is 355 g/mol. The Bertz CT molecular complexity index is 931. The van der Waals surface area contributed by atoms with E-state index < -0.39 is 0 Å². The first kappa shape index (κ1) is 15.1. The first-order chi connectivity index (χ1) is 11.8. The zero-order valence-corrected chi connectivity index (χ0v) is 14.4. The van der Waals surface area contributed by atoms with E-state index in [9.17, 15) is 0 Å². The first-order valence-corrected chi connectivity index (χ1v) is 9.14. The van der Waals surface area contributed by atoms with Gasteiger partial charge in [-0.05, 0) is 30.5 Å². The number of thiophene rings is 1. The minimum atomic E-state index is 0.545. The number of nitrogens with zero attached hydrogens (tertiary/aromatic N) is 5. The third-order valence-electron chi connectivity index (χ3n) is 3.34. The van der Waals surface area contributed by atoms with Crippen molar-refractivity contribution in [3.05, 3.63) is 59.6 Å². The fourth-order valence-corrected chi connectivity index (χ4v) is 3.74. The molecule has 1 aromatic carbocycles. The fraction of sp³-hybridized carbons (Fsp3) is 0.125. The van der Waals surface area contributed by atoms with E-state index in [1.54, 1.807) is 11.3 Å². The van der Waals surface area contributed by atoms with Gasteiger partial charge in [-0.2, -0.15) is 4.98 Å². The molecule has 0 unspecified atom stereocenters. The molecule has 0 N–H and O–H groups in total. The summed E-state index contributed by atoms with van der Waals surface area (Å²) >= 11 is 3.11. The molecule has 0 fully saturated rings. The maximum absolute atomic E-state index is 5.33. The summed E-state index contributed by atoms with van der Waals surface area (Å²) in [5.74, 6) is 2.59. The average molecular weight is 355 g/mol. The topological polar surface area (TPSA) is 69.6 Å². The van der Waals surface area contributed by atoms with Gasteiger partial charge in [-0.25, -0.2) is 0 Å². The minimum absolute atomic E-state index is 0.545. The summed E-state index contributed by atoms with van der Waals surface area (Å²) < 4.78 is 7.34. The number of hydrogen-bond acceptors (Lipinski definition) is 7. The van der Waals surface area contributed by atoms with Gasteiger partial charge in [0.2, 0.25) is 11.7 Å². The second kappa shape index (κ2) is 6.58. The molecule has 4 aromatic rings. The van der Waals surface area contributed by atoms with Crippen molar-refractivity contribution in [1.29, 1.82) is 0 Å². The second-order valence-electron chi connectivity index (χ2n) is 4.98. The Balaban J connectivity index is 1.53. The lowest BCUT2D eigenvalue weighted by Gasteiger charge is -2.06. The zero-order chi connectivity index (χ0) is 16.4. The van der Waals surface area contributed by atoms with E-state index >= 15 is 0 Å². The van der Waals surface area contributed by atoms with Gasteiger partial charge in [0, 0.05) is 5.69 Å². The van der Waals surface area contributed by atoms with Crippen molar-refractivity contribution >= 4 is 23.1 Å². The highest BCUT2D eigenvalue weighted by molar-refractivity contribution is 7.98. The average Bonchev–Trinajstić information content (AvgIpc) is 3.34. The van der Waals surface area contributed by atoms with Crippen LogP contribution in [0.5, 0.6) is 0 Å². The molecule has 0 bridgehead atoms. The van der Waals surface area contributed by atoms with Crippen LogP contribution < -0.4 is 0 Å². The molecule has 0 aliphatic rings. The van der Waals surface area contributed by atoms with Gasteiger partial charge in [0.1, 0.15) is 5.82 Å². The van der Waals surface area contributed by atoms with E-state index in [0.717, 1.165) is 21.5 Å². The highest BCUT2D eigenvalue weighted by Gasteiger charge is 2.14. The lowest BCUT2D eigenvalue weighted by atomic mass is 10.3. The molecule has 0 aliphatic heterocycles. The van der Waals surface area contributed by atoms with Crippen LogP contribution in [0.2, 0.25) is 0 Å². The van der Waals surface area contributed by atoms with E-state index in [-0.39, 0.29) is 0 Å². The van der Waals surface area contributed by atoms with Crippen LogP contribution in [-0.4, -0.2) is 24.9 Å². The zero-order valence-electron chi connectivity index (χ0n) is 12.8. The molecule has 3 aromatic heterocycles. The maximum atomic E-state index is 5.33.